The highest BCUT2D eigenvalue weighted by Crippen LogP contribution is 2.23. The molecular formula is C14H15F2N7S. The van der Waals surface area contributed by atoms with E-state index in [1.165, 1.54) is 17.6 Å². The highest BCUT2D eigenvalue weighted by atomic mass is 32.1. The third-order valence-corrected chi connectivity index (χ3v) is 3.93. The van der Waals surface area contributed by atoms with Crippen LogP contribution < -0.4 is 16.9 Å². The molecule has 24 heavy (non-hydrogen) atoms. The fourth-order valence-electron chi connectivity index (χ4n) is 1.73. The highest BCUT2D eigenvalue weighted by molar-refractivity contribution is 7.17. The number of nitrogens with two attached hydrogens (primary N) is 2. The molecule has 0 fully saturated rings. The van der Waals surface area contributed by atoms with E-state index in [1.807, 2.05) is 0 Å². The molecule has 2 rings (SSSR count). The van der Waals surface area contributed by atoms with E-state index in [1.54, 1.807) is 13.8 Å². The minimum absolute atomic E-state index is 0.0292. The number of benzene rings is 1. The monoisotopic (exact) mass is 351 g/mol. The van der Waals surface area contributed by atoms with Gasteiger partial charge >= 0.3 is 0 Å². The first kappa shape index (κ1) is 17.5. The van der Waals surface area contributed by atoms with Crippen LogP contribution in [0.5, 0.6) is 0 Å². The number of hydrogen-bond donors (Lipinski definition) is 3. The van der Waals surface area contributed by atoms with Crippen molar-refractivity contribution in [1.29, 1.82) is 0 Å². The lowest BCUT2D eigenvalue weighted by atomic mass is 10.2. The van der Waals surface area contributed by atoms with Gasteiger partial charge < -0.3 is 11.5 Å². The number of hydrazone groups is 1. The molecule has 1 aromatic carbocycles. The van der Waals surface area contributed by atoms with Crippen LogP contribution in [-0.2, 0) is 0 Å². The van der Waals surface area contributed by atoms with E-state index in [0.29, 0.717) is 16.5 Å². The average Bonchev–Trinajstić information content (AvgIpc) is 2.89. The second-order valence-corrected chi connectivity index (χ2v) is 5.68. The van der Waals surface area contributed by atoms with Gasteiger partial charge in [0, 0.05) is 5.56 Å². The van der Waals surface area contributed by atoms with Crippen molar-refractivity contribution in [3.05, 3.63) is 46.0 Å². The standard InChI is InChI=1S/C14H15F2N7S/c1-7-12(8(2)21-22-13(17)18)24-14(20-7)23-19-6-9-5-10(15)3-4-11(9)16/h3-6H,1-2H3,(H,20,23)(H4,17,18,22)/b19-6+,21-8+. The molecule has 0 spiro atoms. The molecule has 0 saturated carbocycles. The Kier molecular flexibility index (Phi) is 5.53. The van der Waals surface area contributed by atoms with Crippen LogP contribution in [0.3, 0.4) is 0 Å². The molecular weight excluding hydrogens is 336 g/mol. The second-order valence-electron chi connectivity index (χ2n) is 4.68. The molecule has 1 aromatic heterocycles. The molecule has 1 heterocycles. The van der Waals surface area contributed by atoms with Crippen molar-refractivity contribution in [2.45, 2.75) is 13.8 Å². The van der Waals surface area contributed by atoms with Gasteiger partial charge in [-0.05, 0) is 32.0 Å². The number of nitrogens with one attached hydrogen (secondary N) is 1. The van der Waals surface area contributed by atoms with Crippen LogP contribution in [0.2, 0.25) is 0 Å². The van der Waals surface area contributed by atoms with Gasteiger partial charge in [-0.3, -0.25) is 5.43 Å². The predicted molar refractivity (Wildman–Crippen MR) is 92.4 cm³/mol. The molecule has 10 heteroatoms. The number of rotatable bonds is 5. The fraction of sp³-hybridized carbons (Fsp3) is 0.143. The molecule has 5 N–H and O–H groups in total. The Balaban J connectivity index is 2.13. The van der Waals surface area contributed by atoms with Gasteiger partial charge in [-0.1, -0.05) is 11.3 Å². The average molecular weight is 351 g/mol. The van der Waals surface area contributed by atoms with Crippen LogP contribution in [0, 0.1) is 18.6 Å². The van der Waals surface area contributed by atoms with E-state index >= 15 is 0 Å². The van der Waals surface area contributed by atoms with Crippen LogP contribution in [0.15, 0.2) is 33.5 Å². The van der Waals surface area contributed by atoms with Crippen molar-refractivity contribution in [2.24, 2.45) is 26.8 Å². The Morgan fingerprint density at radius 2 is 2.04 bits per heavy atom. The SMILES string of the molecule is C/C(=N\N=C(N)N)c1sc(N/N=C/c2cc(F)ccc2F)nc1C. The Morgan fingerprint density at radius 1 is 1.29 bits per heavy atom. The topological polar surface area (TPSA) is 114 Å². The lowest BCUT2D eigenvalue weighted by Crippen LogP contribution is -2.22. The van der Waals surface area contributed by atoms with Crippen molar-refractivity contribution >= 4 is 34.4 Å². The number of anilines is 1. The number of hydrogen-bond acceptors (Lipinski definition) is 6. The summed E-state index contributed by atoms with van der Waals surface area (Å²) >= 11 is 1.28. The summed E-state index contributed by atoms with van der Waals surface area (Å²) in [6.07, 6.45) is 1.18. The van der Waals surface area contributed by atoms with E-state index in [9.17, 15) is 8.78 Å². The molecule has 0 unspecified atom stereocenters. The van der Waals surface area contributed by atoms with E-state index in [0.717, 1.165) is 23.1 Å². The van der Waals surface area contributed by atoms with E-state index in [-0.39, 0.29) is 11.5 Å². The molecule has 2 aromatic rings. The number of aromatic nitrogens is 1. The summed E-state index contributed by atoms with van der Waals surface area (Å²) in [7, 11) is 0. The van der Waals surface area contributed by atoms with Crippen LogP contribution >= 0.6 is 11.3 Å². The van der Waals surface area contributed by atoms with Crippen molar-refractivity contribution in [2.75, 3.05) is 5.43 Å². The molecule has 7 nitrogen and oxygen atoms in total. The summed E-state index contributed by atoms with van der Waals surface area (Å²) in [6.45, 7) is 3.53. The minimum atomic E-state index is -0.571. The summed E-state index contributed by atoms with van der Waals surface area (Å²) in [4.78, 5) is 5.04. The van der Waals surface area contributed by atoms with Gasteiger partial charge in [-0.25, -0.2) is 13.8 Å². The van der Waals surface area contributed by atoms with Gasteiger partial charge in [0.05, 0.1) is 22.5 Å². The molecule has 0 aliphatic carbocycles. The van der Waals surface area contributed by atoms with E-state index in [2.05, 4.69) is 25.7 Å². The maximum absolute atomic E-state index is 13.5. The Morgan fingerprint density at radius 3 is 2.75 bits per heavy atom. The quantitative estimate of drug-likeness (QED) is 0.435. The lowest BCUT2D eigenvalue weighted by molar-refractivity contribution is 0.598. The first-order valence-corrected chi connectivity index (χ1v) is 7.53. The Bertz CT molecular complexity index is 823. The molecule has 0 bridgehead atoms. The van der Waals surface area contributed by atoms with Gasteiger partial charge in [0.15, 0.2) is 0 Å². The molecule has 126 valence electrons. The smallest absolute Gasteiger partial charge is 0.211 e. The largest absolute Gasteiger partial charge is 0.369 e. The van der Waals surface area contributed by atoms with Gasteiger partial charge in [0.2, 0.25) is 11.1 Å². The number of nitrogens with zero attached hydrogens (tertiary/aromatic N) is 4. The molecule has 0 radical (unpaired) electrons. The lowest BCUT2D eigenvalue weighted by Gasteiger charge is -1.97. The number of aryl methyl sites for hydroxylation is 1. The molecule has 0 amide bonds. The van der Waals surface area contributed by atoms with E-state index in [4.69, 9.17) is 11.5 Å². The number of halogens is 2. The van der Waals surface area contributed by atoms with Crippen LogP contribution in [0.4, 0.5) is 13.9 Å². The minimum Gasteiger partial charge on any atom is -0.369 e. The zero-order valence-electron chi connectivity index (χ0n) is 12.9. The maximum Gasteiger partial charge on any atom is 0.211 e. The summed E-state index contributed by atoms with van der Waals surface area (Å²) in [6, 6.07) is 3.12. The maximum atomic E-state index is 13.5. The van der Waals surface area contributed by atoms with Crippen molar-refractivity contribution in [3.8, 4) is 0 Å². The summed E-state index contributed by atoms with van der Waals surface area (Å²) in [5.74, 6) is -1.26. The predicted octanol–water partition coefficient (Wildman–Crippen LogP) is 2.17. The van der Waals surface area contributed by atoms with Gasteiger partial charge in [-0.2, -0.15) is 10.2 Å². The van der Waals surface area contributed by atoms with Crippen LogP contribution in [-0.4, -0.2) is 22.9 Å². The highest BCUT2D eigenvalue weighted by Gasteiger charge is 2.10. The van der Waals surface area contributed by atoms with Crippen LogP contribution in [0.25, 0.3) is 0 Å². The van der Waals surface area contributed by atoms with Crippen molar-refractivity contribution in [3.63, 3.8) is 0 Å². The van der Waals surface area contributed by atoms with Gasteiger partial charge in [0.1, 0.15) is 11.6 Å². The molecule has 0 aliphatic heterocycles. The van der Waals surface area contributed by atoms with Crippen molar-refractivity contribution < 1.29 is 8.78 Å². The van der Waals surface area contributed by atoms with E-state index < -0.39 is 11.6 Å². The zero-order chi connectivity index (χ0) is 17.7. The normalized spacial score (nSPS) is 11.8. The summed E-state index contributed by atoms with van der Waals surface area (Å²) in [5.41, 5.74) is 14.4. The molecule has 0 saturated heterocycles. The second kappa shape index (κ2) is 7.59. The number of guanidine groups is 1. The first-order valence-electron chi connectivity index (χ1n) is 6.72. The van der Waals surface area contributed by atoms with Crippen molar-refractivity contribution in [1.82, 2.24) is 4.98 Å². The zero-order valence-corrected chi connectivity index (χ0v) is 13.7. The number of thiazole rings is 1. The Hall–Kier alpha value is -2.88. The summed E-state index contributed by atoms with van der Waals surface area (Å²) < 4.78 is 26.5. The Labute approximate surface area is 140 Å². The molecule has 0 aliphatic rings. The van der Waals surface area contributed by atoms with Gasteiger partial charge in [-0.15, -0.1) is 5.10 Å². The fourth-order valence-corrected chi connectivity index (χ4v) is 2.58. The third-order valence-electron chi connectivity index (χ3n) is 2.76. The molecule has 0 atom stereocenters. The van der Waals surface area contributed by atoms with Crippen LogP contribution in [0.1, 0.15) is 23.1 Å². The van der Waals surface area contributed by atoms with Gasteiger partial charge in [0.25, 0.3) is 0 Å². The summed E-state index contributed by atoms with van der Waals surface area (Å²) in [5, 5.41) is 11.8. The third kappa shape index (κ3) is 4.56. The first-order chi connectivity index (χ1) is 11.4.